The predicted octanol–water partition coefficient (Wildman–Crippen LogP) is 4.93. The molecule has 150 valence electrons. The third kappa shape index (κ3) is 4.09. The molecule has 6 heteroatoms. The van der Waals surface area contributed by atoms with E-state index in [0.29, 0.717) is 6.42 Å². The molecule has 5 nitrogen and oxygen atoms in total. The van der Waals surface area contributed by atoms with Crippen molar-refractivity contribution in [2.24, 2.45) is 5.92 Å². The molecule has 3 heterocycles. The fourth-order valence-corrected chi connectivity index (χ4v) is 4.78. The maximum Gasteiger partial charge on any atom is 0.228 e. The average Bonchev–Trinajstić information content (AvgIpc) is 3.28. The smallest absolute Gasteiger partial charge is 0.228 e. The number of fused-ring (bicyclic) bond motifs is 2. The molecule has 0 atom stereocenters. The number of anilines is 1. The van der Waals surface area contributed by atoms with Gasteiger partial charge in [0.1, 0.15) is 11.3 Å². The van der Waals surface area contributed by atoms with Crippen molar-refractivity contribution in [3.05, 3.63) is 57.8 Å². The number of carbonyl (C=O) groups excluding carboxylic acids is 1. The van der Waals surface area contributed by atoms with Crippen LogP contribution in [0.2, 0.25) is 0 Å². The summed E-state index contributed by atoms with van der Waals surface area (Å²) in [5, 5.41) is 8.15. The molecule has 2 aromatic carbocycles. The van der Waals surface area contributed by atoms with Crippen LogP contribution in [0.1, 0.15) is 36.1 Å². The highest BCUT2D eigenvalue weighted by molar-refractivity contribution is 9.10. The Balaban J connectivity index is 1.16. The van der Waals surface area contributed by atoms with E-state index < -0.39 is 0 Å². The molecule has 0 spiro atoms. The van der Waals surface area contributed by atoms with Crippen LogP contribution in [0.4, 0.5) is 5.69 Å². The Hall–Kier alpha value is -2.18. The number of piperidine rings is 1. The molecule has 1 amide bonds. The van der Waals surface area contributed by atoms with Gasteiger partial charge in [0.05, 0.1) is 6.42 Å². The molecule has 5 rings (SSSR count). The number of halogens is 1. The predicted molar refractivity (Wildman–Crippen MR) is 117 cm³/mol. The highest BCUT2D eigenvalue weighted by atomic mass is 79.9. The van der Waals surface area contributed by atoms with Crippen LogP contribution in [-0.2, 0) is 24.2 Å². The third-order valence-electron chi connectivity index (χ3n) is 6.21. The molecule has 0 aliphatic carbocycles. The molecule has 2 aliphatic heterocycles. The molecule has 3 aromatic rings. The molecule has 1 aromatic heterocycles. The Labute approximate surface area is 178 Å². The Morgan fingerprint density at radius 1 is 1.17 bits per heavy atom. The number of nitrogens with zero attached hydrogens (tertiary/aromatic N) is 2. The Kier molecular flexibility index (Phi) is 5.14. The molecule has 29 heavy (non-hydrogen) atoms. The van der Waals surface area contributed by atoms with Gasteiger partial charge < -0.3 is 9.84 Å². The summed E-state index contributed by atoms with van der Waals surface area (Å²) in [4.78, 5) is 14.2. The zero-order valence-electron chi connectivity index (χ0n) is 16.3. The lowest BCUT2D eigenvalue weighted by Crippen LogP contribution is -2.33. The van der Waals surface area contributed by atoms with Gasteiger partial charge in [-0.1, -0.05) is 33.2 Å². The van der Waals surface area contributed by atoms with E-state index in [-0.39, 0.29) is 5.91 Å². The molecule has 1 saturated heterocycles. The lowest BCUT2D eigenvalue weighted by molar-refractivity contribution is -0.115. The van der Waals surface area contributed by atoms with Crippen molar-refractivity contribution >= 4 is 38.4 Å². The first kappa shape index (κ1) is 18.8. The van der Waals surface area contributed by atoms with E-state index in [2.05, 4.69) is 61.6 Å². The Morgan fingerprint density at radius 3 is 2.76 bits per heavy atom. The molecular formula is C23H24BrN3O2. The average molecular weight is 454 g/mol. The van der Waals surface area contributed by atoms with Gasteiger partial charge in [0.25, 0.3) is 0 Å². The molecule has 0 unspecified atom stereocenters. The van der Waals surface area contributed by atoms with Crippen LogP contribution in [-0.4, -0.2) is 29.1 Å². The summed E-state index contributed by atoms with van der Waals surface area (Å²) in [7, 11) is 0. The lowest BCUT2D eigenvalue weighted by Gasteiger charge is -2.31. The van der Waals surface area contributed by atoms with Gasteiger partial charge in [-0.2, -0.15) is 0 Å². The topological polar surface area (TPSA) is 58.4 Å². The van der Waals surface area contributed by atoms with Crippen molar-refractivity contribution in [2.45, 2.75) is 38.6 Å². The van der Waals surface area contributed by atoms with Gasteiger partial charge in [-0.15, -0.1) is 0 Å². The second kappa shape index (κ2) is 7.92. The SMILES string of the molecule is O=C1Cc2cc3c(CCC4CCN(Cc5ccc(Br)cc5)CC4)onc3cc2N1. The summed E-state index contributed by atoms with van der Waals surface area (Å²) in [6.45, 7) is 3.34. The van der Waals surface area contributed by atoms with Crippen molar-refractivity contribution in [3.63, 3.8) is 0 Å². The largest absolute Gasteiger partial charge is 0.360 e. The van der Waals surface area contributed by atoms with Crippen LogP contribution in [0.25, 0.3) is 10.9 Å². The Morgan fingerprint density at radius 2 is 1.97 bits per heavy atom. The Bertz CT molecular complexity index is 1040. The third-order valence-corrected chi connectivity index (χ3v) is 6.74. The quantitative estimate of drug-likeness (QED) is 0.594. The highest BCUT2D eigenvalue weighted by Gasteiger charge is 2.23. The number of rotatable bonds is 5. The molecule has 0 saturated carbocycles. The summed E-state index contributed by atoms with van der Waals surface area (Å²) in [5.74, 6) is 1.74. The van der Waals surface area contributed by atoms with Gasteiger partial charge in [0, 0.05) is 28.5 Å². The number of amides is 1. The van der Waals surface area contributed by atoms with Crippen molar-refractivity contribution < 1.29 is 9.32 Å². The lowest BCUT2D eigenvalue weighted by atomic mass is 9.91. The first-order chi connectivity index (χ1) is 14.1. The van der Waals surface area contributed by atoms with Gasteiger partial charge >= 0.3 is 0 Å². The van der Waals surface area contributed by atoms with Crippen molar-refractivity contribution in [1.29, 1.82) is 0 Å². The number of carbonyl (C=O) groups is 1. The standard InChI is InChI=1S/C23H24BrN3O2/c24-18-4-1-16(2-5-18)14-27-9-7-15(8-10-27)3-6-22-19-11-17-12-23(28)25-20(17)13-21(19)26-29-22/h1-2,4-5,11,13,15H,3,6-10,12,14H2,(H,25,28). The fourth-order valence-electron chi connectivity index (χ4n) is 4.51. The number of likely N-dealkylation sites (tertiary alicyclic amines) is 1. The minimum absolute atomic E-state index is 0.0565. The molecule has 0 bridgehead atoms. The summed E-state index contributed by atoms with van der Waals surface area (Å²) < 4.78 is 6.78. The van der Waals surface area contributed by atoms with Gasteiger partial charge in [-0.05, 0) is 73.7 Å². The molecule has 1 fully saturated rings. The summed E-state index contributed by atoms with van der Waals surface area (Å²) in [6.07, 6.45) is 4.96. The summed E-state index contributed by atoms with van der Waals surface area (Å²) >= 11 is 3.50. The van der Waals surface area contributed by atoms with Crippen molar-refractivity contribution in [2.75, 3.05) is 18.4 Å². The van der Waals surface area contributed by atoms with E-state index in [0.717, 1.165) is 70.8 Å². The molecular weight excluding hydrogens is 430 g/mol. The molecule has 0 radical (unpaired) electrons. The van der Waals surface area contributed by atoms with Crippen LogP contribution in [0.5, 0.6) is 0 Å². The summed E-state index contributed by atoms with van der Waals surface area (Å²) in [6, 6.07) is 12.6. The fraction of sp³-hybridized carbons (Fsp3) is 0.391. The van der Waals surface area contributed by atoms with Gasteiger partial charge in [-0.25, -0.2) is 0 Å². The van der Waals surface area contributed by atoms with Crippen LogP contribution in [0, 0.1) is 5.92 Å². The van der Waals surface area contributed by atoms with Crippen LogP contribution in [0.3, 0.4) is 0 Å². The van der Waals surface area contributed by atoms with E-state index >= 15 is 0 Å². The number of benzene rings is 2. The maximum absolute atomic E-state index is 11.6. The maximum atomic E-state index is 11.6. The number of aryl methyl sites for hydroxylation is 1. The van der Waals surface area contributed by atoms with E-state index in [1.54, 1.807) is 0 Å². The van der Waals surface area contributed by atoms with E-state index in [1.807, 2.05) is 6.07 Å². The number of aromatic nitrogens is 1. The minimum atomic E-state index is 0.0565. The zero-order chi connectivity index (χ0) is 19.8. The van der Waals surface area contributed by atoms with Gasteiger partial charge in [-0.3, -0.25) is 9.69 Å². The number of hydrogen-bond donors (Lipinski definition) is 1. The zero-order valence-corrected chi connectivity index (χ0v) is 17.9. The van der Waals surface area contributed by atoms with Crippen molar-refractivity contribution in [1.82, 2.24) is 10.1 Å². The van der Waals surface area contributed by atoms with Crippen LogP contribution in [0.15, 0.2) is 45.4 Å². The number of hydrogen-bond acceptors (Lipinski definition) is 4. The number of nitrogens with one attached hydrogen (secondary N) is 1. The highest BCUT2D eigenvalue weighted by Crippen LogP contribution is 2.32. The van der Waals surface area contributed by atoms with E-state index in [4.69, 9.17) is 4.52 Å². The van der Waals surface area contributed by atoms with Gasteiger partial charge in [0.2, 0.25) is 5.91 Å². The van der Waals surface area contributed by atoms with Gasteiger partial charge in [0.15, 0.2) is 0 Å². The van der Waals surface area contributed by atoms with E-state index in [9.17, 15) is 4.79 Å². The van der Waals surface area contributed by atoms with Crippen LogP contribution >= 0.6 is 15.9 Å². The normalized spacial score (nSPS) is 17.6. The van der Waals surface area contributed by atoms with Crippen LogP contribution < -0.4 is 5.32 Å². The first-order valence-electron chi connectivity index (χ1n) is 10.3. The van der Waals surface area contributed by atoms with E-state index in [1.165, 1.54) is 18.4 Å². The molecule has 1 N–H and O–H groups in total. The second-order valence-corrected chi connectivity index (χ2v) is 9.16. The monoisotopic (exact) mass is 453 g/mol. The second-order valence-electron chi connectivity index (χ2n) is 8.24. The van der Waals surface area contributed by atoms with Crippen molar-refractivity contribution in [3.8, 4) is 0 Å². The summed E-state index contributed by atoms with van der Waals surface area (Å²) in [5.41, 5.74) is 4.14. The minimum Gasteiger partial charge on any atom is -0.360 e. The first-order valence-corrected chi connectivity index (χ1v) is 11.1. The molecule has 2 aliphatic rings.